The Morgan fingerprint density at radius 3 is 2.62 bits per heavy atom. The first kappa shape index (κ1) is 17.1. The van der Waals surface area contributed by atoms with Gasteiger partial charge in [-0.2, -0.15) is 0 Å². The summed E-state index contributed by atoms with van der Waals surface area (Å²) in [7, 11) is 0. The number of anilines is 1. The van der Waals surface area contributed by atoms with E-state index in [1.54, 1.807) is 13.3 Å². The van der Waals surface area contributed by atoms with Gasteiger partial charge in [-0.05, 0) is 45.4 Å². The van der Waals surface area contributed by atoms with E-state index in [1.165, 1.54) is 0 Å². The third kappa shape index (κ3) is 3.38. The molecule has 2 saturated heterocycles. The summed E-state index contributed by atoms with van der Waals surface area (Å²) in [5, 5.41) is 9.64. The number of amides is 1. The van der Waals surface area contributed by atoms with Crippen molar-refractivity contribution < 1.29 is 9.90 Å². The van der Waals surface area contributed by atoms with Crippen LogP contribution in [0.5, 0.6) is 0 Å². The first-order valence-electron chi connectivity index (χ1n) is 8.89. The fourth-order valence-electron chi connectivity index (χ4n) is 4.03. The minimum Gasteiger partial charge on any atom is -0.392 e. The Hall–Kier alpha value is -1.69. The lowest BCUT2D eigenvalue weighted by molar-refractivity contribution is -0.139. The molecule has 132 valence electrons. The Morgan fingerprint density at radius 1 is 1.25 bits per heavy atom. The Kier molecular flexibility index (Phi) is 4.76. The number of piperidine rings is 2. The van der Waals surface area contributed by atoms with E-state index < -0.39 is 6.10 Å². The van der Waals surface area contributed by atoms with Gasteiger partial charge >= 0.3 is 0 Å². The van der Waals surface area contributed by atoms with Gasteiger partial charge in [-0.3, -0.25) is 4.79 Å². The van der Waals surface area contributed by atoms with Crippen LogP contribution < -0.4 is 4.90 Å². The Bertz CT molecular complexity index is 609. The number of hydrogen-bond donors (Lipinski definition) is 1. The van der Waals surface area contributed by atoms with E-state index in [0.29, 0.717) is 13.0 Å². The van der Waals surface area contributed by atoms with Crippen LogP contribution in [0, 0.1) is 19.3 Å². The largest absolute Gasteiger partial charge is 0.392 e. The number of carbonyl (C=O) groups is 1. The zero-order chi connectivity index (χ0) is 17.3. The fraction of sp³-hybridized carbons (Fsp3) is 0.722. The van der Waals surface area contributed by atoms with Gasteiger partial charge in [0.25, 0.3) is 0 Å². The second-order valence-electron chi connectivity index (χ2n) is 7.52. The smallest absolute Gasteiger partial charge is 0.222 e. The first-order valence-corrected chi connectivity index (χ1v) is 8.89. The van der Waals surface area contributed by atoms with Gasteiger partial charge in [0, 0.05) is 43.9 Å². The minimum atomic E-state index is -0.462. The summed E-state index contributed by atoms with van der Waals surface area (Å²) in [6.45, 7) is 9.02. The van der Waals surface area contributed by atoms with Gasteiger partial charge < -0.3 is 14.9 Å². The number of carbonyl (C=O) groups excluding carboxylic acids is 1. The molecule has 6 heteroatoms. The maximum Gasteiger partial charge on any atom is 0.222 e. The second kappa shape index (κ2) is 6.67. The Balaban J connectivity index is 1.68. The van der Waals surface area contributed by atoms with E-state index in [9.17, 15) is 9.90 Å². The lowest BCUT2D eigenvalue weighted by Gasteiger charge is -2.48. The van der Waals surface area contributed by atoms with E-state index in [0.717, 1.165) is 56.0 Å². The van der Waals surface area contributed by atoms with Crippen molar-refractivity contribution in [3.8, 4) is 0 Å². The number of rotatable bonds is 3. The molecule has 1 aromatic rings. The van der Waals surface area contributed by atoms with Crippen molar-refractivity contribution in [2.45, 2.75) is 52.6 Å². The molecule has 0 saturated carbocycles. The van der Waals surface area contributed by atoms with Gasteiger partial charge in [-0.1, -0.05) is 0 Å². The number of aliphatic hydroxyl groups excluding tert-OH is 1. The Labute approximate surface area is 143 Å². The summed E-state index contributed by atoms with van der Waals surface area (Å²) >= 11 is 0. The molecule has 2 aliphatic rings. The number of nitrogens with zero attached hydrogens (tertiary/aromatic N) is 4. The third-order valence-electron chi connectivity index (χ3n) is 5.67. The fourth-order valence-corrected chi connectivity index (χ4v) is 4.03. The molecule has 1 atom stereocenters. The molecular formula is C18H28N4O2. The van der Waals surface area contributed by atoms with Crippen molar-refractivity contribution in [1.82, 2.24) is 14.9 Å². The van der Waals surface area contributed by atoms with Crippen LogP contribution in [-0.2, 0) is 4.79 Å². The molecule has 0 unspecified atom stereocenters. The lowest BCUT2D eigenvalue weighted by atomic mass is 9.72. The van der Waals surface area contributed by atoms with Crippen LogP contribution in [0.1, 0.15) is 43.9 Å². The predicted octanol–water partition coefficient (Wildman–Crippen LogP) is 1.68. The molecular weight excluding hydrogens is 304 g/mol. The molecule has 6 nitrogen and oxygen atoms in total. The monoisotopic (exact) mass is 332 g/mol. The van der Waals surface area contributed by atoms with Crippen LogP contribution in [0.15, 0.2) is 6.33 Å². The number of aromatic nitrogens is 2. The zero-order valence-electron chi connectivity index (χ0n) is 15.0. The number of hydrogen-bond acceptors (Lipinski definition) is 5. The van der Waals surface area contributed by atoms with Gasteiger partial charge in [-0.25, -0.2) is 9.97 Å². The highest BCUT2D eigenvalue weighted by molar-refractivity contribution is 5.77. The summed E-state index contributed by atoms with van der Waals surface area (Å²) in [4.78, 5) is 25.1. The average molecular weight is 332 g/mol. The quantitative estimate of drug-likeness (QED) is 0.912. The Morgan fingerprint density at radius 2 is 1.96 bits per heavy atom. The lowest BCUT2D eigenvalue weighted by Crippen LogP contribution is -2.53. The van der Waals surface area contributed by atoms with Crippen LogP contribution in [0.2, 0.25) is 0 Å². The highest BCUT2D eigenvalue weighted by Gasteiger charge is 2.41. The van der Waals surface area contributed by atoms with E-state index in [-0.39, 0.29) is 11.3 Å². The standard InChI is InChI=1S/C18H28N4O2/c1-13(23)10-22-11-18(5-4-16(22)24)6-8-21(9-7-18)17-14(2)15(3)19-12-20-17/h12-13,23H,4-11H2,1-3H3/t13-/m1/s1. The molecule has 1 N–H and O–H groups in total. The van der Waals surface area contributed by atoms with E-state index >= 15 is 0 Å². The van der Waals surface area contributed by atoms with Gasteiger partial charge in [-0.15, -0.1) is 0 Å². The normalized spacial score (nSPS) is 22.1. The molecule has 0 radical (unpaired) electrons. The SMILES string of the molecule is Cc1ncnc(N2CCC3(CCC(=O)N(C[C@@H](C)O)C3)CC2)c1C. The van der Waals surface area contributed by atoms with E-state index in [2.05, 4.69) is 21.8 Å². The molecule has 3 rings (SSSR count). The molecule has 0 aromatic carbocycles. The summed E-state index contributed by atoms with van der Waals surface area (Å²) in [6.07, 6.45) is 4.90. The molecule has 1 aromatic heterocycles. The number of aliphatic hydroxyl groups is 1. The summed E-state index contributed by atoms with van der Waals surface area (Å²) < 4.78 is 0. The van der Waals surface area contributed by atoms with Gasteiger partial charge in [0.05, 0.1) is 6.10 Å². The van der Waals surface area contributed by atoms with Crippen LogP contribution >= 0.6 is 0 Å². The molecule has 3 heterocycles. The summed E-state index contributed by atoms with van der Waals surface area (Å²) in [5.74, 6) is 1.23. The third-order valence-corrected chi connectivity index (χ3v) is 5.67. The van der Waals surface area contributed by atoms with Crippen molar-refractivity contribution in [3.05, 3.63) is 17.6 Å². The molecule has 2 fully saturated rings. The van der Waals surface area contributed by atoms with Crippen molar-refractivity contribution in [3.63, 3.8) is 0 Å². The highest BCUT2D eigenvalue weighted by Crippen LogP contribution is 2.41. The average Bonchev–Trinajstić information content (AvgIpc) is 2.54. The predicted molar refractivity (Wildman–Crippen MR) is 92.9 cm³/mol. The van der Waals surface area contributed by atoms with Gasteiger partial charge in [0.15, 0.2) is 0 Å². The summed E-state index contributed by atoms with van der Waals surface area (Å²) in [6, 6.07) is 0. The van der Waals surface area contributed by atoms with Gasteiger partial charge in [0.2, 0.25) is 5.91 Å². The molecule has 0 bridgehead atoms. The van der Waals surface area contributed by atoms with Crippen LogP contribution in [0.4, 0.5) is 5.82 Å². The topological polar surface area (TPSA) is 69.6 Å². The maximum absolute atomic E-state index is 12.1. The maximum atomic E-state index is 12.1. The van der Waals surface area contributed by atoms with Crippen molar-refractivity contribution in [2.75, 3.05) is 31.1 Å². The van der Waals surface area contributed by atoms with Crippen LogP contribution in [0.25, 0.3) is 0 Å². The highest BCUT2D eigenvalue weighted by atomic mass is 16.3. The summed E-state index contributed by atoms with van der Waals surface area (Å²) in [5.41, 5.74) is 2.39. The van der Waals surface area contributed by atoms with Crippen molar-refractivity contribution >= 4 is 11.7 Å². The first-order chi connectivity index (χ1) is 11.4. The van der Waals surface area contributed by atoms with E-state index in [4.69, 9.17) is 0 Å². The molecule has 1 spiro atoms. The molecule has 0 aliphatic carbocycles. The minimum absolute atomic E-state index is 0.186. The number of aryl methyl sites for hydroxylation is 1. The zero-order valence-corrected chi connectivity index (χ0v) is 15.0. The van der Waals surface area contributed by atoms with Crippen molar-refractivity contribution in [2.24, 2.45) is 5.41 Å². The van der Waals surface area contributed by atoms with Crippen LogP contribution in [-0.4, -0.2) is 58.2 Å². The van der Waals surface area contributed by atoms with Gasteiger partial charge in [0.1, 0.15) is 12.1 Å². The molecule has 24 heavy (non-hydrogen) atoms. The molecule has 2 aliphatic heterocycles. The van der Waals surface area contributed by atoms with Crippen molar-refractivity contribution in [1.29, 1.82) is 0 Å². The second-order valence-corrected chi connectivity index (χ2v) is 7.52. The van der Waals surface area contributed by atoms with Crippen LogP contribution in [0.3, 0.4) is 0 Å². The van der Waals surface area contributed by atoms with E-state index in [1.807, 2.05) is 11.8 Å². The number of β-amino-alcohol motifs (C(OH)–C–C–N with tert-alkyl or cyclic N) is 1. The number of likely N-dealkylation sites (tertiary alicyclic amines) is 1. The molecule has 1 amide bonds.